The van der Waals surface area contributed by atoms with Gasteiger partial charge in [-0.1, -0.05) is 0 Å². The van der Waals surface area contributed by atoms with E-state index in [2.05, 4.69) is 21.2 Å². The molecule has 2 rings (SSSR count). The summed E-state index contributed by atoms with van der Waals surface area (Å²) in [6.07, 6.45) is 3.21. The SMILES string of the molecule is NC1(CNC(=O)c2ccc(Br)s2)CCC1. The number of hydrogen-bond donors (Lipinski definition) is 2. The van der Waals surface area contributed by atoms with Crippen LogP contribution in [-0.4, -0.2) is 18.0 Å². The van der Waals surface area contributed by atoms with E-state index in [1.54, 1.807) is 0 Å². The van der Waals surface area contributed by atoms with Crippen molar-refractivity contribution in [1.29, 1.82) is 0 Å². The van der Waals surface area contributed by atoms with Gasteiger partial charge in [-0.3, -0.25) is 4.79 Å². The number of hydrogen-bond acceptors (Lipinski definition) is 3. The summed E-state index contributed by atoms with van der Waals surface area (Å²) in [6, 6.07) is 3.69. The minimum atomic E-state index is -0.149. The third-order valence-corrected chi connectivity index (χ3v) is 4.37. The van der Waals surface area contributed by atoms with Crippen LogP contribution in [0.3, 0.4) is 0 Å². The van der Waals surface area contributed by atoms with Gasteiger partial charge in [-0.2, -0.15) is 0 Å². The van der Waals surface area contributed by atoms with Crippen molar-refractivity contribution in [3.05, 3.63) is 20.8 Å². The minimum Gasteiger partial charge on any atom is -0.349 e. The molecule has 15 heavy (non-hydrogen) atoms. The lowest BCUT2D eigenvalue weighted by molar-refractivity contribution is 0.0934. The van der Waals surface area contributed by atoms with Crippen molar-refractivity contribution in [3.63, 3.8) is 0 Å². The molecule has 82 valence electrons. The van der Waals surface area contributed by atoms with Gasteiger partial charge in [-0.05, 0) is 47.3 Å². The molecule has 0 atom stereocenters. The predicted molar refractivity (Wildman–Crippen MR) is 65.1 cm³/mol. The second kappa shape index (κ2) is 4.23. The molecule has 0 saturated heterocycles. The Bertz CT molecular complexity index is 373. The molecule has 3 nitrogen and oxygen atoms in total. The molecule has 1 saturated carbocycles. The van der Waals surface area contributed by atoms with Crippen LogP contribution in [0.15, 0.2) is 15.9 Å². The van der Waals surface area contributed by atoms with Gasteiger partial charge in [0.25, 0.3) is 5.91 Å². The number of halogens is 1. The van der Waals surface area contributed by atoms with E-state index in [9.17, 15) is 4.79 Å². The van der Waals surface area contributed by atoms with E-state index in [1.807, 2.05) is 12.1 Å². The molecule has 1 amide bonds. The van der Waals surface area contributed by atoms with Crippen LogP contribution in [0.2, 0.25) is 0 Å². The highest BCUT2D eigenvalue weighted by Crippen LogP contribution is 2.28. The Morgan fingerprint density at radius 2 is 2.33 bits per heavy atom. The van der Waals surface area contributed by atoms with Gasteiger partial charge in [0.15, 0.2) is 0 Å². The molecule has 1 aliphatic carbocycles. The van der Waals surface area contributed by atoms with E-state index in [4.69, 9.17) is 5.73 Å². The van der Waals surface area contributed by atoms with Crippen LogP contribution in [0.4, 0.5) is 0 Å². The first-order chi connectivity index (χ1) is 7.09. The van der Waals surface area contributed by atoms with E-state index < -0.39 is 0 Å². The van der Waals surface area contributed by atoms with E-state index >= 15 is 0 Å². The van der Waals surface area contributed by atoms with Gasteiger partial charge >= 0.3 is 0 Å². The Morgan fingerprint density at radius 1 is 1.60 bits per heavy atom. The lowest BCUT2D eigenvalue weighted by Gasteiger charge is -2.38. The number of amides is 1. The van der Waals surface area contributed by atoms with E-state index in [0.29, 0.717) is 6.54 Å². The zero-order valence-corrected chi connectivity index (χ0v) is 10.7. The molecular formula is C10H13BrN2OS. The molecule has 1 aliphatic rings. The van der Waals surface area contributed by atoms with Gasteiger partial charge in [0.05, 0.1) is 8.66 Å². The molecule has 0 aliphatic heterocycles. The highest BCUT2D eigenvalue weighted by atomic mass is 79.9. The van der Waals surface area contributed by atoms with Crippen LogP contribution in [0.5, 0.6) is 0 Å². The summed E-state index contributed by atoms with van der Waals surface area (Å²) in [5, 5.41) is 2.88. The molecular weight excluding hydrogens is 276 g/mol. The van der Waals surface area contributed by atoms with Crippen molar-refractivity contribution in [1.82, 2.24) is 5.32 Å². The summed E-state index contributed by atoms with van der Waals surface area (Å²) in [6.45, 7) is 0.585. The molecule has 0 aromatic carbocycles. The first kappa shape index (κ1) is 11.1. The van der Waals surface area contributed by atoms with Gasteiger partial charge in [0.2, 0.25) is 0 Å². The van der Waals surface area contributed by atoms with E-state index in [1.165, 1.54) is 17.8 Å². The topological polar surface area (TPSA) is 55.1 Å². The first-order valence-corrected chi connectivity index (χ1v) is 6.52. The maximum Gasteiger partial charge on any atom is 0.261 e. The molecule has 1 heterocycles. The Hall–Kier alpha value is -0.390. The highest BCUT2D eigenvalue weighted by molar-refractivity contribution is 9.11. The second-order valence-corrected chi connectivity index (χ2v) is 6.47. The average Bonchev–Trinajstić information content (AvgIpc) is 2.58. The van der Waals surface area contributed by atoms with Crippen LogP contribution in [0.1, 0.15) is 28.9 Å². The fraction of sp³-hybridized carbons (Fsp3) is 0.500. The van der Waals surface area contributed by atoms with E-state index in [-0.39, 0.29) is 11.4 Å². The summed E-state index contributed by atoms with van der Waals surface area (Å²) in [5.74, 6) is -0.0255. The summed E-state index contributed by atoms with van der Waals surface area (Å²) in [5.41, 5.74) is 5.87. The van der Waals surface area contributed by atoms with Crippen LogP contribution in [0.25, 0.3) is 0 Å². The predicted octanol–water partition coefficient (Wildman–Crippen LogP) is 2.12. The van der Waals surface area contributed by atoms with Gasteiger partial charge < -0.3 is 11.1 Å². The fourth-order valence-corrected chi connectivity index (χ4v) is 2.89. The molecule has 0 radical (unpaired) electrons. The Morgan fingerprint density at radius 3 is 2.80 bits per heavy atom. The molecule has 5 heteroatoms. The third-order valence-electron chi connectivity index (χ3n) is 2.75. The smallest absolute Gasteiger partial charge is 0.261 e. The normalized spacial score (nSPS) is 18.3. The standard InChI is InChI=1S/C10H13BrN2OS/c11-8-3-2-7(15-8)9(14)13-6-10(12)4-1-5-10/h2-3H,1,4-6,12H2,(H,13,14). The van der Waals surface area contributed by atoms with Crippen LogP contribution in [0, 0.1) is 0 Å². The van der Waals surface area contributed by atoms with Gasteiger partial charge in [0, 0.05) is 12.1 Å². The largest absolute Gasteiger partial charge is 0.349 e. The average molecular weight is 289 g/mol. The fourth-order valence-electron chi connectivity index (χ4n) is 1.59. The Balaban J connectivity index is 1.87. The number of thiophene rings is 1. The van der Waals surface area contributed by atoms with Crippen molar-refractivity contribution in [2.24, 2.45) is 5.73 Å². The quantitative estimate of drug-likeness (QED) is 0.895. The Labute approximate surface area is 101 Å². The van der Waals surface area contributed by atoms with Crippen molar-refractivity contribution in [2.45, 2.75) is 24.8 Å². The summed E-state index contributed by atoms with van der Waals surface area (Å²) in [7, 11) is 0. The van der Waals surface area contributed by atoms with Crippen molar-refractivity contribution in [3.8, 4) is 0 Å². The molecule has 0 unspecified atom stereocenters. The molecule has 0 spiro atoms. The number of rotatable bonds is 3. The Kier molecular flexibility index (Phi) is 3.13. The number of carbonyl (C=O) groups excluding carboxylic acids is 1. The molecule has 0 bridgehead atoms. The molecule has 3 N–H and O–H groups in total. The molecule has 1 aromatic rings. The van der Waals surface area contributed by atoms with Gasteiger partial charge in [0.1, 0.15) is 0 Å². The molecule has 1 aromatic heterocycles. The summed E-state index contributed by atoms with van der Waals surface area (Å²) >= 11 is 4.77. The maximum atomic E-state index is 11.7. The lowest BCUT2D eigenvalue weighted by atomic mass is 9.78. The lowest BCUT2D eigenvalue weighted by Crippen LogP contribution is -2.54. The molecule has 1 fully saturated rings. The first-order valence-electron chi connectivity index (χ1n) is 4.91. The summed E-state index contributed by atoms with van der Waals surface area (Å²) < 4.78 is 0.971. The number of nitrogens with two attached hydrogens (primary N) is 1. The van der Waals surface area contributed by atoms with Gasteiger partial charge in [-0.25, -0.2) is 0 Å². The highest BCUT2D eigenvalue weighted by Gasteiger charge is 2.32. The number of carbonyl (C=O) groups is 1. The van der Waals surface area contributed by atoms with Crippen molar-refractivity contribution in [2.75, 3.05) is 6.54 Å². The monoisotopic (exact) mass is 288 g/mol. The van der Waals surface area contributed by atoms with Crippen molar-refractivity contribution >= 4 is 33.2 Å². The third kappa shape index (κ3) is 2.59. The van der Waals surface area contributed by atoms with Crippen LogP contribution >= 0.6 is 27.3 Å². The second-order valence-electron chi connectivity index (χ2n) is 4.00. The number of nitrogens with one attached hydrogen (secondary N) is 1. The minimum absolute atomic E-state index is 0.0255. The van der Waals surface area contributed by atoms with Crippen molar-refractivity contribution < 1.29 is 4.79 Å². The summed E-state index contributed by atoms with van der Waals surface area (Å²) in [4.78, 5) is 12.4. The zero-order chi connectivity index (χ0) is 10.9. The van der Waals surface area contributed by atoms with Crippen LogP contribution < -0.4 is 11.1 Å². The maximum absolute atomic E-state index is 11.7. The zero-order valence-electron chi connectivity index (χ0n) is 8.25. The van der Waals surface area contributed by atoms with Crippen LogP contribution in [-0.2, 0) is 0 Å². The van der Waals surface area contributed by atoms with E-state index in [0.717, 1.165) is 21.5 Å². The van der Waals surface area contributed by atoms with Gasteiger partial charge in [-0.15, -0.1) is 11.3 Å².